The van der Waals surface area contributed by atoms with E-state index in [4.69, 9.17) is 0 Å². The monoisotopic (exact) mass is 591 g/mol. The molecule has 3 heteroatoms. The van der Waals surface area contributed by atoms with Crippen molar-refractivity contribution in [1.29, 1.82) is 0 Å². The van der Waals surface area contributed by atoms with E-state index in [1.807, 2.05) is 0 Å². The molecule has 31 heavy (non-hydrogen) atoms. The first-order valence-corrected chi connectivity index (χ1v) is 13.4. The van der Waals surface area contributed by atoms with Crippen LogP contribution in [0.1, 0.15) is 105 Å². The van der Waals surface area contributed by atoms with Crippen LogP contribution in [0.4, 0.5) is 0 Å². The average molecular weight is 594 g/mol. The van der Waals surface area contributed by atoms with E-state index in [9.17, 15) is 0 Å². The second-order valence-corrected chi connectivity index (χ2v) is 13.5. The Morgan fingerprint density at radius 2 is 0.774 bits per heavy atom. The molecule has 0 aliphatic carbocycles. The first kappa shape index (κ1) is 36.1. The summed E-state index contributed by atoms with van der Waals surface area (Å²) in [5.41, 5.74) is 6.89. The zero-order valence-electron chi connectivity index (χ0n) is 22.9. The molecule has 0 aliphatic rings. The van der Waals surface area contributed by atoms with Crippen LogP contribution in [0.25, 0.3) is 0 Å². The average Bonchev–Trinajstić information content (AvgIpc) is 3.16. The molecule has 2 aromatic carbocycles. The van der Waals surface area contributed by atoms with Crippen LogP contribution in [0.5, 0.6) is 0 Å². The molecule has 0 saturated carbocycles. The molecule has 0 N–H and O–H groups in total. The number of hydrogen-bond donors (Lipinski definition) is 0. The van der Waals surface area contributed by atoms with Gasteiger partial charge in [-0.2, -0.15) is 46.5 Å². The van der Waals surface area contributed by atoms with Crippen molar-refractivity contribution in [3.8, 4) is 0 Å². The summed E-state index contributed by atoms with van der Waals surface area (Å²) in [6, 6.07) is 13.7. The van der Waals surface area contributed by atoms with Gasteiger partial charge in [-0.3, -0.25) is 0 Å². The molecule has 1 radical (unpaired) electrons. The van der Waals surface area contributed by atoms with Crippen molar-refractivity contribution in [3.63, 3.8) is 0 Å². The van der Waals surface area contributed by atoms with Gasteiger partial charge in [0.1, 0.15) is 0 Å². The van der Waals surface area contributed by atoms with Crippen molar-refractivity contribution in [2.75, 3.05) is 0 Å². The minimum absolute atomic E-state index is 0. The van der Waals surface area contributed by atoms with Crippen molar-refractivity contribution < 1.29 is 40.8 Å². The molecule has 179 valence electrons. The Hall–Kier alpha value is 0.558. The van der Waals surface area contributed by atoms with Crippen molar-refractivity contribution in [2.45, 2.75) is 118 Å². The molecule has 0 atom stereocenters. The third-order valence-corrected chi connectivity index (χ3v) is 4.97. The van der Waals surface area contributed by atoms with Gasteiger partial charge in [0.15, 0.2) is 0 Å². The molecule has 2 rings (SSSR count). The number of rotatable bonds is 0. The molecule has 0 amide bonds. The molecule has 0 bridgehead atoms. The summed E-state index contributed by atoms with van der Waals surface area (Å²) in [5, 5.41) is 0. The van der Waals surface area contributed by atoms with Crippen LogP contribution in [0, 0.1) is 40.8 Å². The van der Waals surface area contributed by atoms with Gasteiger partial charge >= 0.3 is 0 Å². The predicted octanol–water partition coefficient (Wildman–Crippen LogP) is 8.94. The molecule has 0 aliphatic heterocycles. The first-order chi connectivity index (χ1) is 12.8. The number of halogens is 1. The van der Waals surface area contributed by atoms with Crippen molar-refractivity contribution >= 4 is 21.9 Å². The van der Waals surface area contributed by atoms with E-state index in [0.717, 1.165) is 9.52 Å². The molecular weight excluding hydrogens is 544 g/mol. The third-order valence-electron chi connectivity index (χ3n) is 4.97. The van der Waals surface area contributed by atoms with Crippen LogP contribution < -0.4 is 0 Å². The Labute approximate surface area is 237 Å². The molecule has 2 aromatic rings. The second-order valence-electron chi connectivity index (χ2n) is 12.4. The van der Waals surface area contributed by atoms with Gasteiger partial charge in [0.2, 0.25) is 0 Å². The molecule has 0 spiro atoms. The van der Waals surface area contributed by atoms with Gasteiger partial charge in [0.25, 0.3) is 0 Å². The van der Waals surface area contributed by atoms with E-state index in [-0.39, 0.29) is 74.9 Å². The quantitative estimate of drug-likeness (QED) is 0.211. The van der Waals surface area contributed by atoms with Crippen LogP contribution in [0.2, 0.25) is 13.1 Å². The largest absolute Gasteiger partial charge is 0.206 e. The molecular formula is C28H50ClNdSi-2. The summed E-state index contributed by atoms with van der Waals surface area (Å²) in [6.45, 7) is 31.5. The Balaban J connectivity index is -0.000000424. The Morgan fingerprint density at radius 3 is 0.871 bits per heavy atom. The summed E-state index contributed by atoms with van der Waals surface area (Å²) in [7, 11) is 0.750. The van der Waals surface area contributed by atoms with Gasteiger partial charge in [-0.25, -0.2) is 12.1 Å². The third kappa shape index (κ3) is 13.8. The van der Waals surface area contributed by atoms with Crippen molar-refractivity contribution in [2.24, 2.45) is 0 Å². The fourth-order valence-corrected chi connectivity index (χ4v) is 2.75. The standard InChI is InChI=1S/2C13H21.C2H7Si.ClH.Nd/c2*1-12(2,3)10-7-8-11(9-10)13(4,5)6;1-3-2;;/h2*7-9H,1-6H3;3H,1-2H3;1H;/q2*-1;;;. The maximum Gasteiger partial charge on any atom is 0.0213 e. The van der Waals surface area contributed by atoms with Gasteiger partial charge in [-0.15, -0.1) is 12.4 Å². The predicted molar refractivity (Wildman–Crippen MR) is 145 cm³/mol. The fourth-order valence-electron chi connectivity index (χ4n) is 2.75. The van der Waals surface area contributed by atoms with E-state index in [0.29, 0.717) is 0 Å². The molecule has 0 fully saturated rings. The normalized spacial score (nSPS) is 11.8. The van der Waals surface area contributed by atoms with Gasteiger partial charge < -0.3 is 0 Å². The molecule has 0 aromatic heterocycles. The van der Waals surface area contributed by atoms with Gasteiger partial charge in [0.05, 0.1) is 0 Å². The zero-order valence-corrected chi connectivity index (χ0v) is 28.1. The molecule has 0 saturated heterocycles. The van der Waals surface area contributed by atoms with Crippen molar-refractivity contribution in [3.05, 3.63) is 58.7 Å². The van der Waals surface area contributed by atoms with E-state index >= 15 is 0 Å². The van der Waals surface area contributed by atoms with Gasteiger partial charge in [0, 0.05) is 50.4 Å². The molecule has 0 heterocycles. The van der Waals surface area contributed by atoms with Gasteiger partial charge in [-0.05, 0) is 10.8 Å². The fraction of sp³-hybridized carbons (Fsp3) is 0.643. The van der Waals surface area contributed by atoms with E-state index in [1.54, 1.807) is 0 Å². The second kappa shape index (κ2) is 14.1. The SMILES string of the molecule is CC(C)(C)c1c[cH-]c(C(C)(C)C)c1.CC(C)(C)c1c[cH-]c(C(C)(C)C)c1.C[SiH]C.Cl.[Nd]. The summed E-state index contributed by atoms with van der Waals surface area (Å²) < 4.78 is 0. The maximum atomic E-state index is 2.33. The number of hydrogen-bond acceptors (Lipinski definition) is 0. The Morgan fingerprint density at radius 1 is 0.548 bits per heavy atom. The van der Waals surface area contributed by atoms with Crippen molar-refractivity contribution in [1.82, 2.24) is 0 Å². The molecule has 0 nitrogen and oxygen atoms in total. The first-order valence-electron chi connectivity index (χ1n) is 11.1. The Bertz CT molecular complexity index is 590. The van der Waals surface area contributed by atoms with E-state index in [2.05, 4.69) is 133 Å². The van der Waals surface area contributed by atoms with Crippen LogP contribution in [0.3, 0.4) is 0 Å². The van der Waals surface area contributed by atoms with Crippen LogP contribution in [0.15, 0.2) is 36.4 Å². The van der Waals surface area contributed by atoms with Gasteiger partial charge in [-0.1, -0.05) is 107 Å². The zero-order chi connectivity index (χ0) is 23.3. The molecule has 0 unspecified atom stereocenters. The Kier molecular flexibility index (Phi) is 16.4. The minimum atomic E-state index is 0. The maximum absolute atomic E-state index is 2.33. The van der Waals surface area contributed by atoms with E-state index in [1.165, 1.54) is 22.3 Å². The minimum Gasteiger partial charge on any atom is -0.206 e. The topological polar surface area (TPSA) is 0 Å². The summed E-state index contributed by atoms with van der Waals surface area (Å²) >= 11 is 0. The summed E-state index contributed by atoms with van der Waals surface area (Å²) in [4.78, 5) is 0. The van der Waals surface area contributed by atoms with Crippen LogP contribution >= 0.6 is 12.4 Å². The summed E-state index contributed by atoms with van der Waals surface area (Å²) in [6.07, 6.45) is 0. The smallest absolute Gasteiger partial charge is 0.0213 e. The van der Waals surface area contributed by atoms with E-state index < -0.39 is 0 Å². The summed E-state index contributed by atoms with van der Waals surface area (Å²) in [5.74, 6) is 0. The van der Waals surface area contributed by atoms with Crippen LogP contribution in [-0.2, 0) is 21.7 Å². The van der Waals surface area contributed by atoms with Crippen LogP contribution in [-0.4, -0.2) is 9.52 Å².